The van der Waals surface area contributed by atoms with E-state index in [2.05, 4.69) is 5.32 Å². The van der Waals surface area contributed by atoms with Crippen molar-refractivity contribution in [2.24, 2.45) is 0 Å². The summed E-state index contributed by atoms with van der Waals surface area (Å²) in [6.07, 6.45) is 0. The number of benzene rings is 2. The van der Waals surface area contributed by atoms with Crippen LogP contribution in [0.15, 0.2) is 36.4 Å². The van der Waals surface area contributed by atoms with E-state index in [9.17, 15) is 13.6 Å². The van der Waals surface area contributed by atoms with Gasteiger partial charge in [-0.15, -0.1) is 0 Å². The van der Waals surface area contributed by atoms with Crippen LogP contribution in [-0.4, -0.2) is 37.1 Å². The number of piperazine rings is 1. The molecule has 25 heavy (non-hydrogen) atoms. The lowest BCUT2D eigenvalue weighted by Gasteiger charge is -2.36. The Kier molecular flexibility index (Phi) is 5.30. The molecule has 1 fully saturated rings. The summed E-state index contributed by atoms with van der Waals surface area (Å²) in [6.45, 7) is 1.66. The first-order valence-corrected chi connectivity index (χ1v) is 8.41. The van der Waals surface area contributed by atoms with Crippen molar-refractivity contribution in [3.05, 3.63) is 58.1 Å². The van der Waals surface area contributed by atoms with Crippen LogP contribution in [-0.2, 0) is 0 Å². The number of nitrogens with one attached hydrogen (secondary N) is 1. The Balaban J connectivity index is 1.63. The zero-order chi connectivity index (χ0) is 18.0. The molecule has 2 amide bonds. The fourth-order valence-electron chi connectivity index (χ4n) is 2.69. The van der Waals surface area contributed by atoms with Gasteiger partial charge in [0.25, 0.3) is 0 Å². The molecule has 0 aromatic heterocycles. The molecule has 1 aliphatic heterocycles. The average molecular weight is 386 g/mol. The van der Waals surface area contributed by atoms with Gasteiger partial charge in [0, 0.05) is 32.2 Å². The number of rotatable bonds is 2. The van der Waals surface area contributed by atoms with Crippen molar-refractivity contribution in [1.82, 2.24) is 4.90 Å². The standard InChI is InChI=1S/C17H15Cl2F2N3O/c18-12-2-1-3-13(19)16(12)22-17(25)24-8-6-23(7-9-24)15-5-4-11(20)10-14(15)21/h1-5,10H,6-9H2,(H,22,25). The van der Waals surface area contributed by atoms with Crippen molar-refractivity contribution in [3.8, 4) is 0 Å². The molecule has 0 radical (unpaired) electrons. The lowest BCUT2D eigenvalue weighted by molar-refractivity contribution is 0.208. The normalized spacial score (nSPS) is 14.6. The minimum atomic E-state index is -0.615. The zero-order valence-electron chi connectivity index (χ0n) is 13.1. The predicted molar refractivity (Wildman–Crippen MR) is 95.6 cm³/mol. The minimum Gasteiger partial charge on any atom is -0.366 e. The highest BCUT2D eigenvalue weighted by Gasteiger charge is 2.24. The SMILES string of the molecule is O=C(Nc1c(Cl)cccc1Cl)N1CCN(c2ccc(F)cc2F)CC1. The average Bonchev–Trinajstić information content (AvgIpc) is 2.58. The van der Waals surface area contributed by atoms with E-state index in [0.717, 1.165) is 6.07 Å². The molecule has 2 aromatic rings. The van der Waals surface area contributed by atoms with Gasteiger partial charge in [-0.3, -0.25) is 0 Å². The number of urea groups is 1. The highest BCUT2D eigenvalue weighted by Crippen LogP contribution is 2.30. The van der Waals surface area contributed by atoms with Crippen LogP contribution in [0.25, 0.3) is 0 Å². The van der Waals surface area contributed by atoms with E-state index in [1.54, 1.807) is 28.0 Å². The van der Waals surface area contributed by atoms with Crippen LogP contribution in [0.2, 0.25) is 10.0 Å². The number of anilines is 2. The fraction of sp³-hybridized carbons (Fsp3) is 0.235. The number of amides is 2. The zero-order valence-corrected chi connectivity index (χ0v) is 14.6. The number of para-hydroxylation sites is 1. The first kappa shape index (κ1) is 17.8. The number of carbonyl (C=O) groups excluding carboxylic acids is 1. The van der Waals surface area contributed by atoms with Crippen LogP contribution in [0.5, 0.6) is 0 Å². The first-order valence-electron chi connectivity index (χ1n) is 7.65. The quantitative estimate of drug-likeness (QED) is 0.817. The van der Waals surface area contributed by atoms with Crippen LogP contribution in [0.4, 0.5) is 25.0 Å². The van der Waals surface area contributed by atoms with Gasteiger partial charge in [-0.1, -0.05) is 29.3 Å². The van der Waals surface area contributed by atoms with E-state index in [0.29, 0.717) is 47.6 Å². The topological polar surface area (TPSA) is 35.6 Å². The lowest BCUT2D eigenvalue weighted by Crippen LogP contribution is -2.50. The molecule has 8 heteroatoms. The van der Waals surface area contributed by atoms with Crippen LogP contribution in [0.1, 0.15) is 0 Å². The molecule has 0 unspecified atom stereocenters. The highest BCUT2D eigenvalue weighted by molar-refractivity contribution is 6.39. The molecule has 3 rings (SSSR count). The number of halogens is 4. The van der Waals surface area contributed by atoms with Crippen molar-refractivity contribution < 1.29 is 13.6 Å². The van der Waals surface area contributed by atoms with Gasteiger partial charge in [-0.25, -0.2) is 13.6 Å². The van der Waals surface area contributed by atoms with Crippen molar-refractivity contribution in [3.63, 3.8) is 0 Å². The van der Waals surface area contributed by atoms with E-state index in [4.69, 9.17) is 23.2 Å². The maximum atomic E-state index is 13.9. The van der Waals surface area contributed by atoms with Crippen LogP contribution in [0.3, 0.4) is 0 Å². The second-order valence-corrected chi connectivity index (χ2v) is 6.41. The third-order valence-corrected chi connectivity index (χ3v) is 4.64. The van der Waals surface area contributed by atoms with Crippen molar-refractivity contribution in [2.75, 3.05) is 36.4 Å². The van der Waals surface area contributed by atoms with Crippen molar-refractivity contribution in [2.45, 2.75) is 0 Å². The Morgan fingerprint density at radius 2 is 1.64 bits per heavy atom. The molecule has 0 spiro atoms. The number of hydrogen-bond acceptors (Lipinski definition) is 2. The van der Waals surface area contributed by atoms with Crippen LogP contribution >= 0.6 is 23.2 Å². The van der Waals surface area contributed by atoms with E-state index in [-0.39, 0.29) is 6.03 Å². The maximum Gasteiger partial charge on any atom is 0.322 e. The number of carbonyl (C=O) groups is 1. The molecule has 1 N–H and O–H groups in total. The van der Waals surface area contributed by atoms with Gasteiger partial charge in [-0.2, -0.15) is 0 Å². The smallest absolute Gasteiger partial charge is 0.322 e. The Morgan fingerprint density at radius 3 is 2.24 bits per heavy atom. The van der Waals surface area contributed by atoms with Crippen LogP contribution in [0, 0.1) is 11.6 Å². The van der Waals surface area contributed by atoms with E-state index in [1.165, 1.54) is 12.1 Å². The maximum absolute atomic E-state index is 13.9. The first-order chi connectivity index (χ1) is 12.0. The van der Waals surface area contributed by atoms with Gasteiger partial charge < -0.3 is 15.1 Å². The molecule has 0 saturated carbocycles. The predicted octanol–water partition coefficient (Wildman–Crippen LogP) is 4.63. The van der Waals surface area contributed by atoms with E-state index < -0.39 is 11.6 Å². The third kappa shape index (κ3) is 3.96. The fourth-order valence-corrected chi connectivity index (χ4v) is 3.18. The second-order valence-electron chi connectivity index (χ2n) is 5.60. The molecule has 1 saturated heterocycles. The van der Waals surface area contributed by atoms with Crippen molar-refractivity contribution >= 4 is 40.6 Å². The Labute approximate surface area is 153 Å². The summed E-state index contributed by atoms with van der Waals surface area (Å²) in [6, 6.07) is 8.12. The molecule has 0 aliphatic carbocycles. The van der Waals surface area contributed by atoms with E-state index >= 15 is 0 Å². The van der Waals surface area contributed by atoms with Crippen LogP contribution < -0.4 is 10.2 Å². The van der Waals surface area contributed by atoms with Gasteiger partial charge in [0.15, 0.2) is 0 Å². The van der Waals surface area contributed by atoms with Gasteiger partial charge in [-0.05, 0) is 24.3 Å². The lowest BCUT2D eigenvalue weighted by atomic mass is 10.2. The summed E-state index contributed by atoms with van der Waals surface area (Å²) in [5.41, 5.74) is 0.693. The van der Waals surface area contributed by atoms with Gasteiger partial charge in [0.1, 0.15) is 11.6 Å². The number of nitrogens with zero attached hydrogens (tertiary/aromatic N) is 2. The summed E-state index contributed by atoms with van der Waals surface area (Å²) in [4.78, 5) is 15.8. The molecule has 0 atom stereocenters. The Morgan fingerprint density at radius 1 is 1.00 bits per heavy atom. The third-order valence-electron chi connectivity index (χ3n) is 4.01. The molecule has 0 bridgehead atoms. The monoisotopic (exact) mass is 385 g/mol. The number of hydrogen-bond donors (Lipinski definition) is 1. The summed E-state index contributed by atoms with van der Waals surface area (Å²) < 4.78 is 26.9. The Hall–Kier alpha value is -2.05. The summed E-state index contributed by atoms with van der Waals surface area (Å²) in [5, 5.41) is 3.41. The summed E-state index contributed by atoms with van der Waals surface area (Å²) in [7, 11) is 0. The van der Waals surface area contributed by atoms with Gasteiger partial charge in [0.05, 0.1) is 21.4 Å². The van der Waals surface area contributed by atoms with Gasteiger partial charge >= 0.3 is 6.03 Å². The minimum absolute atomic E-state index is 0.325. The second kappa shape index (κ2) is 7.45. The molecule has 2 aromatic carbocycles. The molecular formula is C17H15Cl2F2N3O. The summed E-state index contributed by atoms with van der Waals surface area (Å²) >= 11 is 12.1. The molecule has 132 valence electrons. The molecule has 1 heterocycles. The highest BCUT2D eigenvalue weighted by atomic mass is 35.5. The van der Waals surface area contributed by atoms with E-state index in [1.807, 2.05) is 0 Å². The van der Waals surface area contributed by atoms with Crippen molar-refractivity contribution in [1.29, 1.82) is 0 Å². The summed E-state index contributed by atoms with van der Waals surface area (Å²) in [5.74, 6) is -1.23. The van der Waals surface area contributed by atoms with Gasteiger partial charge in [0.2, 0.25) is 0 Å². The Bertz CT molecular complexity index is 775. The molecule has 1 aliphatic rings. The molecular weight excluding hydrogens is 371 g/mol. The molecule has 4 nitrogen and oxygen atoms in total. The largest absolute Gasteiger partial charge is 0.366 e.